The molecule has 56 valence electrons. The molecule has 0 amide bonds. The van der Waals surface area contributed by atoms with Crippen LogP contribution in [0, 0.1) is 0 Å². The lowest BCUT2D eigenvalue weighted by atomic mass is 10.5. The maximum absolute atomic E-state index is 9.15. The third kappa shape index (κ3) is 0.935. The van der Waals surface area contributed by atoms with E-state index < -0.39 is 0 Å². The van der Waals surface area contributed by atoms with Gasteiger partial charge in [0.25, 0.3) is 0 Å². The number of aromatic amines is 1. The maximum Gasteiger partial charge on any atom is 0.240 e. The van der Waals surface area contributed by atoms with Gasteiger partial charge >= 0.3 is 0 Å². The summed E-state index contributed by atoms with van der Waals surface area (Å²) in [6.07, 6.45) is 1.27. The molecule has 0 aromatic carbocycles. The van der Waals surface area contributed by atoms with Crippen molar-refractivity contribution < 1.29 is 5.11 Å². The minimum atomic E-state index is -0.0730. The van der Waals surface area contributed by atoms with E-state index in [2.05, 4.69) is 29.2 Å². The molecule has 1 unspecified atom stereocenters. The molecule has 0 spiro atoms. The third-order valence-corrected chi connectivity index (χ3v) is 1.56. The minimum Gasteiger partial charge on any atom is -0.492 e. The van der Waals surface area contributed by atoms with E-state index in [4.69, 9.17) is 5.11 Å². The van der Waals surface area contributed by atoms with Crippen LogP contribution < -0.4 is 5.57 Å². The molecule has 6 heteroatoms. The fourth-order valence-corrected chi connectivity index (χ4v) is 1.10. The Morgan fingerprint density at radius 3 is 3.00 bits per heavy atom. The molecule has 1 atom stereocenters. The molecule has 0 fully saturated rings. The van der Waals surface area contributed by atoms with Gasteiger partial charge in [-0.2, -0.15) is 4.98 Å². The van der Waals surface area contributed by atoms with Crippen molar-refractivity contribution in [3.05, 3.63) is 6.33 Å². The summed E-state index contributed by atoms with van der Waals surface area (Å²) in [6, 6.07) is 0. The molecule has 2 rings (SSSR count). The Morgan fingerprint density at radius 1 is 1.45 bits per heavy atom. The van der Waals surface area contributed by atoms with Gasteiger partial charge in [0.05, 0.1) is 0 Å². The molecule has 0 saturated heterocycles. The highest BCUT2D eigenvalue weighted by Crippen LogP contribution is 2.13. The summed E-state index contributed by atoms with van der Waals surface area (Å²) in [5, 5.41) is 9.15. The van der Waals surface area contributed by atoms with Crippen LogP contribution in [0.1, 0.15) is 0 Å². The van der Waals surface area contributed by atoms with Crippen molar-refractivity contribution in [3.63, 3.8) is 0 Å². The van der Waals surface area contributed by atoms with E-state index in [1.54, 1.807) is 0 Å². The van der Waals surface area contributed by atoms with Crippen LogP contribution in [0.5, 0.6) is 5.88 Å². The van der Waals surface area contributed by atoms with Gasteiger partial charge in [0.1, 0.15) is 17.4 Å². The Hall–Kier alpha value is -1.22. The fourth-order valence-electron chi connectivity index (χ4n) is 0.834. The Balaban J connectivity index is 2.90. The summed E-state index contributed by atoms with van der Waals surface area (Å²) in [7, 11) is 2.38. The molecule has 2 aromatic rings. The monoisotopic (exact) mass is 168 g/mol. The first-order valence-corrected chi connectivity index (χ1v) is 3.50. The number of rotatable bonds is 0. The normalized spacial score (nSPS) is 10.6. The van der Waals surface area contributed by atoms with Gasteiger partial charge in [0.2, 0.25) is 5.88 Å². The Kier molecular flexibility index (Phi) is 1.26. The maximum atomic E-state index is 9.15. The highest BCUT2D eigenvalue weighted by atomic mass is 31.0. The Bertz CT molecular complexity index is 398. The fraction of sp³-hybridized carbons (Fsp3) is 0. The summed E-state index contributed by atoms with van der Waals surface area (Å²) >= 11 is 0. The van der Waals surface area contributed by atoms with Gasteiger partial charge in [-0.3, -0.25) is 0 Å². The highest BCUT2D eigenvalue weighted by Gasteiger charge is 2.04. The lowest BCUT2D eigenvalue weighted by Gasteiger charge is -1.87. The molecule has 0 radical (unpaired) electrons. The smallest absolute Gasteiger partial charge is 0.240 e. The average molecular weight is 168 g/mol. The first kappa shape index (κ1) is 6.49. The summed E-state index contributed by atoms with van der Waals surface area (Å²) in [4.78, 5) is 14.2. The van der Waals surface area contributed by atoms with Gasteiger partial charge < -0.3 is 10.1 Å². The number of fused-ring (bicyclic) bond motifs is 1. The minimum absolute atomic E-state index is 0.0730. The molecule has 0 aliphatic rings. The third-order valence-electron chi connectivity index (χ3n) is 1.29. The predicted molar refractivity (Wildman–Crippen MR) is 42.7 cm³/mol. The lowest BCUT2D eigenvalue weighted by molar-refractivity contribution is 0.458. The number of hydrogen-bond acceptors (Lipinski definition) is 4. The predicted octanol–water partition coefficient (Wildman–Crippen LogP) is -0.441. The van der Waals surface area contributed by atoms with Crippen LogP contribution in [0.3, 0.4) is 0 Å². The highest BCUT2D eigenvalue weighted by molar-refractivity contribution is 7.26. The number of aromatic nitrogens is 4. The topological polar surface area (TPSA) is 74.7 Å². The van der Waals surface area contributed by atoms with Crippen molar-refractivity contribution in [2.24, 2.45) is 0 Å². The summed E-state index contributed by atoms with van der Waals surface area (Å²) in [5.41, 5.74) is 1.58. The van der Waals surface area contributed by atoms with Crippen LogP contribution in [-0.2, 0) is 0 Å². The van der Waals surface area contributed by atoms with Gasteiger partial charge in [-0.15, -0.1) is 0 Å². The van der Waals surface area contributed by atoms with Crippen molar-refractivity contribution in [3.8, 4) is 5.88 Å². The van der Waals surface area contributed by atoms with E-state index in [9.17, 15) is 0 Å². The molecular weight excluding hydrogens is 163 g/mol. The van der Waals surface area contributed by atoms with Gasteiger partial charge in [0.15, 0.2) is 5.65 Å². The van der Waals surface area contributed by atoms with Crippen molar-refractivity contribution in [1.82, 2.24) is 19.9 Å². The van der Waals surface area contributed by atoms with Crippen molar-refractivity contribution in [2.75, 3.05) is 0 Å². The van der Waals surface area contributed by atoms with Gasteiger partial charge in [0, 0.05) is 0 Å². The van der Waals surface area contributed by atoms with Crippen LogP contribution in [0.2, 0.25) is 0 Å². The average Bonchev–Trinajstić information content (AvgIpc) is 2.31. The van der Waals surface area contributed by atoms with Crippen LogP contribution >= 0.6 is 9.24 Å². The number of aromatic hydroxyl groups is 1. The molecule has 5 nitrogen and oxygen atoms in total. The molecule has 2 N–H and O–H groups in total. The van der Waals surface area contributed by atoms with Crippen molar-refractivity contribution >= 4 is 26.0 Å². The van der Waals surface area contributed by atoms with Crippen LogP contribution in [0.15, 0.2) is 6.33 Å². The van der Waals surface area contributed by atoms with E-state index in [-0.39, 0.29) is 5.88 Å². The first-order chi connectivity index (χ1) is 5.27. The molecule has 2 heterocycles. The lowest BCUT2D eigenvalue weighted by Crippen LogP contribution is -1.91. The standard InChI is InChI=1S/C5H5N4OP/c10-4-2-3(6-1-7-4)9-5(11)8-2/h1H,11H2,(H2,6,7,8,9,10). The van der Waals surface area contributed by atoms with Gasteiger partial charge in [-0.1, -0.05) is 9.24 Å². The molecule has 0 aliphatic heterocycles. The first-order valence-electron chi connectivity index (χ1n) is 2.92. The summed E-state index contributed by atoms with van der Waals surface area (Å²) < 4.78 is 0. The van der Waals surface area contributed by atoms with Gasteiger partial charge in [-0.25, -0.2) is 9.97 Å². The summed E-state index contributed by atoms with van der Waals surface area (Å²) in [5.74, 6) is -0.0730. The number of H-pyrrole nitrogens is 1. The second-order valence-corrected chi connectivity index (χ2v) is 2.56. The van der Waals surface area contributed by atoms with E-state index in [1.165, 1.54) is 6.33 Å². The van der Waals surface area contributed by atoms with E-state index in [0.717, 1.165) is 0 Å². The zero-order valence-corrected chi connectivity index (χ0v) is 6.60. The second kappa shape index (κ2) is 2.13. The largest absolute Gasteiger partial charge is 0.492 e. The molecular formula is C5H5N4OP. The molecule has 0 aliphatic carbocycles. The quantitative estimate of drug-likeness (QED) is 0.523. The number of imidazole rings is 1. The van der Waals surface area contributed by atoms with Crippen molar-refractivity contribution in [2.45, 2.75) is 0 Å². The van der Waals surface area contributed by atoms with Crippen molar-refractivity contribution in [1.29, 1.82) is 0 Å². The van der Waals surface area contributed by atoms with E-state index in [1.807, 2.05) is 0 Å². The Morgan fingerprint density at radius 2 is 2.27 bits per heavy atom. The van der Waals surface area contributed by atoms with Crippen LogP contribution in [0.25, 0.3) is 11.2 Å². The molecule has 0 saturated carbocycles. The van der Waals surface area contributed by atoms with E-state index >= 15 is 0 Å². The molecule has 11 heavy (non-hydrogen) atoms. The molecule has 0 bridgehead atoms. The van der Waals surface area contributed by atoms with Crippen LogP contribution in [-0.4, -0.2) is 25.0 Å². The van der Waals surface area contributed by atoms with Crippen LogP contribution in [0.4, 0.5) is 0 Å². The van der Waals surface area contributed by atoms with Gasteiger partial charge in [-0.05, 0) is 0 Å². The number of nitrogens with one attached hydrogen (secondary N) is 1. The zero-order valence-electron chi connectivity index (χ0n) is 5.44. The SMILES string of the molecule is Oc1ncnc2nc(P)[nH]c12. The molecule has 2 aromatic heterocycles. The second-order valence-electron chi connectivity index (χ2n) is 2.02. The van der Waals surface area contributed by atoms with E-state index in [0.29, 0.717) is 16.7 Å². The number of nitrogens with zero attached hydrogens (tertiary/aromatic N) is 3. The zero-order chi connectivity index (χ0) is 7.84. The summed E-state index contributed by atoms with van der Waals surface area (Å²) in [6.45, 7) is 0. The Labute approximate surface area is 64.1 Å². The number of hydrogen-bond donors (Lipinski definition) is 2.